The predicted molar refractivity (Wildman–Crippen MR) is 70.5 cm³/mol. The highest BCUT2D eigenvalue weighted by Crippen LogP contribution is 2.18. The molecule has 2 rings (SSSR count). The number of hydrogen-bond acceptors (Lipinski definition) is 4. The summed E-state index contributed by atoms with van der Waals surface area (Å²) in [5, 5.41) is 11.6. The third-order valence-electron chi connectivity index (χ3n) is 2.69. The quantitative estimate of drug-likeness (QED) is 0.761. The van der Waals surface area contributed by atoms with E-state index in [1.54, 1.807) is 12.1 Å². The Bertz CT molecular complexity index is 566. The molecule has 0 amide bonds. The first-order valence-corrected chi connectivity index (χ1v) is 6.28. The molecule has 0 aliphatic rings. The van der Waals surface area contributed by atoms with Gasteiger partial charge in [-0.3, -0.25) is 4.79 Å². The van der Waals surface area contributed by atoms with E-state index in [-0.39, 0.29) is 12.2 Å². The van der Waals surface area contributed by atoms with Crippen molar-refractivity contribution in [2.45, 2.75) is 19.4 Å². The summed E-state index contributed by atoms with van der Waals surface area (Å²) in [7, 11) is 0. The Morgan fingerprint density at radius 3 is 2.80 bits per heavy atom. The second-order valence-corrected chi connectivity index (χ2v) is 4.32. The Balaban J connectivity index is 1.83. The van der Waals surface area contributed by atoms with Crippen LogP contribution in [0.3, 0.4) is 0 Å². The van der Waals surface area contributed by atoms with Gasteiger partial charge in [-0.05, 0) is 37.2 Å². The molecule has 0 spiro atoms. The Labute approximate surface area is 115 Å². The number of carbonyl (C=O) groups is 1. The second-order valence-electron chi connectivity index (χ2n) is 4.32. The van der Waals surface area contributed by atoms with Crippen molar-refractivity contribution < 1.29 is 18.7 Å². The summed E-state index contributed by atoms with van der Waals surface area (Å²) < 4.78 is 18.1. The molecule has 2 N–H and O–H groups in total. The lowest BCUT2D eigenvalue weighted by Gasteiger charge is -1.99. The number of oxazole rings is 1. The summed E-state index contributed by atoms with van der Waals surface area (Å²) in [6.45, 7) is 1.11. The van der Waals surface area contributed by atoms with Crippen molar-refractivity contribution in [1.82, 2.24) is 10.3 Å². The summed E-state index contributed by atoms with van der Waals surface area (Å²) in [4.78, 5) is 14.6. The number of rotatable bonds is 7. The molecule has 0 bridgehead atoms. The monoisotopic (exact) mass is 278 g/mol. The van der Waals surface area contributed by atoms with Crippen LogP contribution in [-0.4, -0.2) is 22.6 Å². The maximum atomic E-state index is 12.8. The van der Waals surface area contributed by atoms with Gasteiger partial charge >= 0.3 is 5.97 Å². The summed E-state index contributed by atoms with van der Waals surface area (Å²) >= 11 is 0. The minimum atomic E-state index is -0.799. The number of carboxylic acids is 1. The van der Waals surface area contributed by atoms with Gasteiger partial charge in [0, 0.05) is 18.5 Å². The van der Waals surface area contributed by atoms with Crippen LogP contribution in [0.1, 0.15) is 18.5 Å². The average Bonchev–Trinajstić information content (AvgIpc) is 2.87. The molecule has 5 nitrogen and oxygen atoms in total. The molecular formula is C14H15FN2O3. The lowest BCUT2D eigenvalue weighted by Crippen LogP contribution is -2.15. The minimum Gasteiger partial charge on any atom is -0.481 e. The van der Waals surface area contributed by atoms with Crippen molar-refractivity contribution in [2.75, 3.05) is 6.54 Å². The topological polar surface area (TPSA) is 75.4 Å². The van der Waals surface area contributed by atoms with Crippen LogP contribution in [0.2, 0.25) is 0 Å². The highest BCUT2D eigenvalue weighted by molar-refractivity contribution is 5.66. The van der Waals surface area contributed by atoms with Gasteiger partial charge in [0.05, 0.1) is 5.69 Å². The molecule has 1 aromatic heterocycles. The van der Waals surface area contributed by atoms with Gasteiger partial charge in [-0.15, -0.1) is 0 Å². The van der Waals surface area contributed by atoms with Crippen LogP contribution < -0.4 is 5.32 Å². The molecule has 106 valence electrons. The average molecular weight is 278 g/mol. The summed E-state index contributed by atoms with van der Waals surface area (Å²) in [5.74, 6) is -0.667. The number of nitrogens with one attached hydrogen (secondary N) is 1. The Morgan fingerprint density at radius 1 is 1.35 bits per heavy atom. The van der Waals surface area contributed by atoms with Crippen LogP contribution in [0, 0.1) is 5.82 Å². The van der Waals surface area contributed by atoms with Crippen LogP contribution >= 0.6 is 0 Å². The minimum absolute atomic E-state index is 0.145. The van der Waals surface area contributed by atoms with Crippen LogP contribution in [-0.2, 0) is 11.3 Å². The molecule has 0 saturated carbocycles. The SMILES string of the molecule is O=C(O)CCCNCc1coc(-c2ccc(F)cc2)n1. The van der Waals surface area contributed by atoms with Crippen molar-refractivity contribution in [3.63, 3.8) is 0 Å². The Hall–Kier alpha value is -2.21. The largest absolute Gasteiger partial charge is 0.481 e. The van der Waals surface area contributed by atoms with Gasteiger partial charge in [0.2, 0.25) is 5.89 Å². The first-order chi connectivity index (χ1) is 9.65. The molecule has 0 atom stereocenters. The lowest BCUT2D eigenvalue weighted by atomic mass is 10.2. The maximum absolute atomic E-state index is 12.8. The fourth-order valence-corrected chi connectivity index (χ4v) is 1.69. The summed E-state index contributed by atoms with van der Waals surface area (Å²) in [5.41, 5.74) is 1.43. The van der Waals surface area contributed by atoms with Gasteiger partial charge in [0.15, 0.2) is 0 Å². The van der Waals surface area contributed by atoms with Crippen LogP contribution in [0.4, 0.5) is 4.39 Å². The van der Waals surface area contributed by atoms with Crippen LogP contribution in [0.15, 0.2) is 34.9 Å². The second kappa shape index (κ2) is 6.81. The van der Waals surface area contributed by atoms with Gasteiger partial charge in [-0.25, -0.2) is 9.37 Å². The van der Waals surface area contributed by atoms with Gasteiger partial charge < -0.3 is 14.8 Å². The zero-order valence-electron chi connectivity index (χ0n) is 10.8. The van der Waals surface area contributed by atoms with E-state index in [2.05, 4.69) is 10.3 Å². The molecule has 6 heteroatoms. The number of aromatic nitrogens is 1. The fourth-order valence-electron chi connectivity index (χ4n) is 1.69. The van der Waals surface area contributed by atoms with E-state index < -0.39 is 5.97 Å². The van der Waals surface area contributed by atoms with Crippen molar-refractivity contribution in [3.05, 3.63) is 42.0 Å². The van der Waals surface area contributed by atoms with E-state index in [0.717, 1.165) is 5.69 Å². The number of aliphatic carboxylic acids is 1. The molecule has 0 aliphatic heterocycles. The molecule has 20 heavy (non-hydrogen) atoms. The molecule has 0 unspecified atom stereocenters. The standard InChI is InChI=1S/C14H15FN2O3/c15-11-5-3-10(4-6-11)14-17-12(9-20-14)8-16-7-1-2-13(18)19/h3-6,9,16H,1-2,7-8H2,(H,18,19). The third kappa shape index (κ3) is 4.17. The first kappa shape index (κ1) is 14.2. The van der Waals surface area contributed by atoms with Gasteiger partial charge in [0.1, 0.15) is 12.1 Å². The predicted octanol–water partition coefficient (Wildman–Crippen LogP) is 2.44. The zero-order chi connectivity index (χ0) is 14.4. The smallest absolute Gasteiger partial charge is 0.303 e. The molecule has 0 radical (unpaired) electrons. The first-order valence-electron chi connectivity index (χ1n) is 6.28. The third-order valence-corrected chi connectivity index (χ3v) is 2.69. The summed E-state index contributed by atoms with van der Waals surface area (Å²) in [6.07, 6.45) is 2.24. The lowest BCUT2D eigenvalue weighted by molar-refractivity contribution is -0.137. The molecule has 0 saturated heterocycles. The van der Waals surface area contributed by atoms with Crippen LogP contribution in [0.25, 0.3) is 11.5 Å². The number of carboxylic acid groups (broad SMARTS) is 1. The maximum Gasteiger partial charge on any atom is 0.303 e. The van der Waals surface area contributed by atoms with Crippen molar-refractivity contribution in [1.29, 1.82) is 0 Å². The van der Waals surface area contributed by atoms with Gasteiger partial charge in [-0.1, -0.05) is 0 Å². The van der Waals surface area contributed by atoms with E-state index >= 15 is 0 Å². The van der Waals surface area contributed by atoms with Gasteiger partial charge in [-0.2, -0.15) is 0 Å². The molecule has 1 aromatic carbocycles. The van der Waals surface area contributed by atoms with Crippen molar-refractivity contribution in [2.24, 2.45) is 0 Å². The van der Waals surface area contributed by atoms with E-state index in [4.69, 9.17) is 9.52 Å². The van der Waals surface area contributed by atoms with E-state index in [1.807, 2.05) is 0 Å². The number of hydrogen-bond donors (Lipinski definition) is 2. The highest BCUT2D eigenvalue weighted by Gasteiger charge is 2.06. The normalized spacial score (nSPS) is 10.7. The number of benzene rings is 1. The summed E-state index contributed by atoms with van der Waals surface area (Å²) in [6, 6.07) is 5.91. The zero-order valence-corrected chi connectivity index (χ0v) is 10.8. The molecule has 1 heterocycles. The van der Waals surface area contributed by atoms with Crippen LogP contribution in [0.5, 0.6) is 0 Å². The van der Waals surface area contributed by atoms with Gasteiger partial charge in [0.25, 0.3) is 0 Å². The van der Waals surface area contributed by atoms with E-state index in [0.29, 0.717) is 31.0 Å². The number of nitrogens with zero attached hydrogens (tertiary/aromatic N) is 1. The molecule has 2 aromatic rings. The van der Waals surface area contributed by atoms with E-state index in [1.165, 1.54) is 18.4 Å². The highest BCUT2D eigenvalue weighted by atomic mass is 19.1. The van der Waals surface area contributed by atoms with Crippen molar-refractivity contribution >= 4 is 5.97 Å². The fraction of sp³-hybridized carbons (Fsp3) is 0.286. The molecule has 0 fully saturated rings. The molecule has 0 aliphatic carbocycles. The Kier molecular flexibility index (Phi) is 4.84. The van der Waals surface area contributed by atoms with E-state index in [9.17, 15) is 9.18 Å². The molecular weight excluding hydrogens is 263 g/mol. The number of halogens is 1. The van der Waals surface area contributed by atoms with Crippen molar-refractivity contribution in [3.8, 4) is 11.5 Å². The Morgan fingerprint density at radius 2 is 2.10 bits per heavy atom.